The molecule has 1 amide bonds. The number of hydrogen-bond donors (Lipinski definition) is 0. The van der Waals surface area contributed by atoms with E-state index in [1.54, 1.807) is 0 Å². The number of hydrogen-bond acceptors (Lipinski definition) is 4. The number of carbonyl (C=O) groups is 1. The van der Waals surface area contributed by atoms with Crippen molar-refractivity contribution in [2.24, 2.45) is 0 Å². The van der Waals surface area contributed by atoms with Crippen LogP contribution >= 0.6 is 0 Å². The van der Waals surface area contributed by atoms with Gasteiger partial charge in [-0.15, -0.1) is 6.58 Å². The van der Waals surface area contributed by atoms with Crippen LogP contribution in [-0.4, -0.2) is 40.2 Å². The molecule has 0 spiro atoms. The normalized spacial score (nSPS) is 11.4. The molecule has 1 aromatic carbocycles. The Kier molecular flexibility index (Phi) is 6.48. The topological polar surface area (TPSA) is 59.2 Å². The Morgan fingerprint density at radius 1 is 1.27 bits per heavy atom. The van der Waals surface area contributed by atoms with E-state index in [2.05, 4.69) is 16.7 Å². The summed E-state index contributed by atoms with van der Waals surface area (Å²) in [7, 11) is 0. The Morgan fingerprint density at radius 2 is 1.96 bits per heavy atom. The van der Waals surface area contributed by atoms with Crippen LogP contribution in [-0.2, 0) is 11.2 Å². The van der Waals surface area contributed by atoms with Gasteiger partial charge in [0.2, 0.25) is 17.6 Å². The fourth-order valence-electron chi connectivity index (χ4n) is 2.25. The summed E-state index contributed by atoms with van der Waals surface area (Å²) in [5, 5.41) is 3.76. The first-order valence-electron chi connectivity index (χ1n) is 7.82. The smallest absolute Gasteiger partial charge is 0.339 e. The summed E-state index contributed by atoms with van der Waals surface area (Å²) in [5.41, 5.74) is 0.569. The molecular weight excluding hydrogens is 354 g/mol. The lowest BCUT2D eigenvalue weighted by molar-refractivity contribution is -0.160. The van der Waals surface area contributed by atoms with Crippen LogP contribution in [0, 0.1) is 5.82 Å². The summed E-state index contributed by atoms with van der Waals surface area (Å²) in [4.78, 5) is 16.8. The van der Waals surface area contributed by atoms with Crippen LogP contribution in [0.3, 0.4) is 0 Å². The predicted octanol–water partition coefficient (Wildman–Crippen LogP) is 3.78. The zero-order chi connectivity index (χ0) is 19.2. The maximum absolute atomic E-state index is 12.9. The van der Waals surface area contributed by atoms with Gasteiger partial charge in [0, 0.05) is 24.9 Å². The number of halogens is 4. The molecule has 26 heavy (non-hydrogen) atoms. The second kappa shape index (κ2) is 8.59. The van der Waals surface area contributed by atoms with Gasteiger partial charge in [-0.1, -0.05) is 11.2 Å². The van der Waals surface area contributed by atoms with Crippen molar-refractivity contribution in [3.8, 4) is 11.4 Å². The molecule has 0 atom stereocenters. The number of rotatable bonds is 8. The fraction of sp³-hybridized carbons (Fsp3) is 0.353. The molecule has 2 rings (SSSR count). The molecule has 0 unspecified atom stereocenters. The van der Waals surface area contributed by atoms with Crippen LogP contribution in [0.5, 0.6) is 0 Å². The molecule has 0 aliphatic rings. The third-order valence-electron chi connectivity index (χ3n) is 3.42. The quantitative estimate of drug-likeness (QED) is 0.524. The highest BCUT2D eigenvalue weighted by atomic mass is 19.4. The predicted molar refractivity (Wildman–Crippen MR) is 85.5 cm³/mol. The van der Waals surface area contributed by atoms with Gasteiger partial charge in [-0.05, 0) is 30.7 Å². The monoisotopic (exact) mass is 371 g/mol. The van der Waals surface area contributed by atoms with E-state index in [1.807, 2.05) is 0 Å². The summed E-state index contributed by atoms with van der Waals surface area (Å²) in [5.74, 6) is -0.487. The molecule has 0 fully saturated rings. The molecule has 0 N–H and O–H groups in total. The number of benzene rings is 1. The molecule has 1 aromatic heterocycles. The molecule has 0 aliphatic carbocycles. The fourth-order valence-corrected chi connectivity index (χ4v) is 2.25. The summed E-state index contributed by atoms with van der Waals surface area (Å²) >= 11 is 0. The van der Waals surface area contributed by atoms with Crippen LogP contribution in [0.2, 0.25) is 0 Å². The second-order valence-electron chi connectivity index (χ2n) is 5.55. The van der Waals surface area contributed by atoms with Crippen molar-refractivity contribution >= 4 is 5.91 Å². The molecular formula is C17H17F4N3O2. The minimum absolute atomic E-state index is 0.0851. The molecule has 0 bridgehead atoms. The van der Waals surface area contributed by atoms with Crippen molar-refractivity contribution in [2.45, 2.75) is 25.4 Å². The maximum Gasteiger partial charge on any atom is 0.406 e. The molecule has 0 radical (unpaired) electrons. The van der Waals surface area contributed by atoms with E-state index in [9.17, 15) is 22.4 Å². The number of carbonyl (C=O) groups excluding carboxylic acids is 1. The Bertz CT molecular complexity index is 741. The third kappa shape index (κ3) is 5.98. The first-order chi connectivity index (χ1) is 12.3. The lowest BCUT2D eigenvalue weighted by Gasteiger charge is -2.22. The number of aromatic nitrogens is 2. The average Bonchev–Trinajstić information content (AvgIpc) is 3.02. The summed E-state index contributed by atoms with van der Waals surface area (Å²) in [6.07, 6.45) is -2.80. The van der Waals surface area contributed by atoms with Crippen LogP contribution in [0.1, 0.15) is 18.7 Å². The Morgan fingerprint density at radius 3 is 2.58 bits per heavy atom. The SMILES string of the molecule is C=CCN(CC(F)(F)F)C(=O)CCCc1nc(-c2ccc(F)cc2)no1. The largest absolute Gasteiger partial charge is 0.406 e. The number of nitrogens with zero attached hydrogens (tertiary/aromatic N) is 3. The zero-order valence-corrected chi connectivity index (χ0v) is 13.8. The van der Waals surface area contributed by atoms with Crippen molar-refractivity contribution < 1.29 is 26.9 Å². The molecule has 1 heterocycles. The maximum atomic E-state index is 12.9. The van der Waals surface area contributed by atoms with E-state index in [4.69, 9.17) is 4.52 Å². The van der Waals surface area contributed by atoms with E-state index in [0.717, 1.165) is 0 Å². The van der Waals surface area contributed by atoms with Crippen molar-refractivity contribution in [3.05, 3.63) is 48.6 Å². The molecule has 0 saturated carbocycles. The number of amides is 1. The van der Waals surface area contributed by atoms with Gasteiger partial charge in [0.15, 0.2) is 0 Å². The standard InChI is InChI=1S/C17H17F4N3O2/c1-2-10-24(11-17(19,20)21)15(25)5-3-4-14-22-16(23-26-14)12-6-8-13(18)9-7-12/h2,6-9H,1,3-5,10-11H2. The van der Waals surface area contributed by atoms with E-state index in [-0.39, 0.29) is 43.3 Å². The van der Waals surface area contributed by atoms with Gasteiger partial charge >= 0.3 is 6.18 Å². The second-order valence-corrected chi connectivity index (χ2v) is 5.55. The highest BCUT2D eigenvalue weighted by molar-refractivity contribution is 5.76. The Labute approximate surface area is 147 Å². The van der Waals surface area contributed by atoms with Crippen molar-refractivity contribution in [1.82, 2.24) is 15.0 Å². The molecule has 9 heteroatoms. The van der Waals surface area contributed by atoms with Crippen molar-refractivity contribution in [2.75, 3.05) is 13.1 Å². The Balaban J connectivity index is 1.87. The summed E-state index contributed by atoms with van der Waals surface area (Å²) < 4.78 is 55.4. The van der Waals surface area contributed by atoms with E-state index < -0.39 is 18.6 Å². The summed E-state index contributed by atoms with van der Waals surface area (Å²) in [6, 6.07) is 5.52. The van der Waals surface area contributed by atoms with Gasteiger partial charge in [-0.2, -0.15) is 18.2 Å². The lowest BCUT2D eigenvalue weighted by atomic mass is 10.2. The van der Waals surface area contributed by atoms with Gasteiger partial charge in [-0.3, -0.25) is 4.79 Å². The Hall–Kier alpha value is -2.71. The van der Waals surface area contributed by atoms with Gasteiger partial charge < -0.3 is 9.42 Å². The first kappa shape index (κ1) is 19.6. The van der Waals surface area contributed by atoms with Gasteiger partial charge in [0.1, 0.15) is 12.4 Å². The highest BCUT2D eigenvalue weighted by Crippen LogP contribution is 2.19. The van der Waals surface area contributed by atoms with Crippen molar-refractivity contribution in [3.63, 3.8) is 0 Å². The van der Waals surface area contributed by atoms with Crippen LogP contribution in [0.25, 0.3) is 11.4 Å². The summed E-state index contributed by atoms with van der Waals surface area (Å²) in [6.45, 7) is 1.87. The van der Waals surface area contributed by atoms with Crippen LogP contribution in [0.4, 0.5) is 17.6 Å². The van der Waals surface area contributed by atoms with Crippen LogP contribution < -0.4 is 0 Å². The van der Waals surface area contributed by atoms with Gasteiger partial charge in [0.25, 0.3) is 0 Å². The average molecular weight is 371 g/mol. The van der Waals surface area contributed by atoms with Crippen LogP contribution in [0.15, 0.2) is 41.4 Å². The lowest BCUT2D eigenvalue weighted by Crippen LogP contribution is -2.39. The van der Waals surface area contributed by atoms with Gasteiger partial charge in [0.05, 0.1) is 0 Å². The number of alkyl halides is 3. The molecule has 2 aromatic rings. The number of aryl methyl sites for hydroxylation is 1. The molecule has 5 nitrogen and oxygen atoms in total. The molecule has 140 valence electrons. The van der Waals surface area contributed by atoms with E-state index in [1.165, 1.54) is 30.3 Å². The zero-order valence-electron chi connectivity index (χ0n) is 13.8. The highest BCUT2D eigenvalue weighted by Gasteiger charge is 2.32. The van der Waals surface area contributed by atoms with E-state index >= 15 is 0 Å². The van der Waals surface area contributed by atoms with Crippen molar-refractivity contribution in [1.29, 1.82) is 0 Å². The van der Waals surface area contributed by atoms with Gasteiger partial charge in [-0.25, -0.2) is 4.39 Å². The van der Waals surface area contributed by atoms with E-state index in [0.29, 0.717) is 10.5 Å². The molecule has 0 saturated heterocycles. The minimum atomic E-state index is -4.46. The first-order valence-corrected chi connectivity index (χ1v) is 7.82. The third-order valence-corrected chi connectivity index (χ3v) is 3.42. The molecule has 0 aliphatic heterocycles. The minimum Gasteiger partial charge on any atom is -0.339 e.